The van der Waals surface area contributed by atoms with E-state index in [1.54, 1.807) is 7.11 Å². The van der Waals surface area contributed by atoms with Gasteiger partial charge in [0, 0.05) is 26.7 Å². The number of rotatable bonds is 7. The Hall–Kier alpha value is -0.770. The van der Waals surface area contributed by atoms with E-state index in [4.69, 9.17) is 16.3 Å². The van der Waals surface area contributed by atoms with Gasteiger partial charge in [-0.1, -0.05) is 17.7 Å². The highest BCUT2D eigenvalue weighted by atomic mass is 35.5. The van der Waals surface area contributed by atoms with Crippen molar-refractivity contribution in [2.75, 3.05) is 38.8 Å². The van der Waals surface area contributed by atoms with Gasteiger partial charge in [0.05, 0.1) is 17.3 Å². The van der Waals surface area contributed by atoms with Crippen LogP contribution in [0.2, 0.25) is 5.02 Å². The predicted octanol–water partition coefficient (Wildman–Crippen LogP) is 2.53. The van der Waals surface area contributed by atoms with Crippen molar-refractivity contribution >= 4 is 17.3 Å². The van der Waals surface area contributed by atoms with E-state index in [0.717, 1.165) is 30.3 Å². The third kappa shape index (κ3) is 4.19. The molecule has 1 N–H and O–H groups in total. The third-order valence-electron chi connectivity index (χ3n) is 2.68. The second-order valence-electron chi connectivity index (χ2n) is 3.89. The molecule has 1 aromatic carbocycles. The standard InChI is InChI=1S/C13H21ClN2O/c1-4-16(7-8-17-3)13-6-5-11(10-15-2)9-12(13)14/h5-6,9,15H,4,7-8,10H2,1-3H3. The van der Waals surface area contributed by atoms with E-state index < -0.39 is 0 Å². The molecule has 0 heterocycles. The summed E-state index contributed by atoms with van der Waals surface area (Å²) in [5.41, 5.74) is 2.27. The van der Waals surface area contributed by atoms with Crippen LogP contribution in [0.1, 0.15) is 12.5 Å². The van der Waals surface area contributed by atoms with E-state index in [-0.39, 0.29) is 0 Å². The van der Waals surface area contributed by atoms with Crippen molar-refractivity contribution in [3.8, 4) is 0 Å². The summed E-state index contributed by atoms with van der Waals surface area (Å²) in [7, 11) is 3.64. The molecule has 0 radical (unpaired) electrons. The van der Waals surface area contributed by atoms with Crippen molar-refractivity contribution < 1.29 is 4.74 Å². The Morgan fingerprint density at radius 2 is 2.18 bits per heavy atom. The Labute approximate surface area is 109 Å². The van der Waals surface area contributed by atoms with Crippen LogP contribution in [-0.2, 0) is 11.3 Å². The maximum absolute atomic E-state index is 6.31. The minimum atomic E-state index is 0.711. The highest BCUT2D eigenvalue weighted by Gasteiger charge is 2.08. The van der Waals surface area contributed by atoms with E-state index in [1.165, 1.54) is 5.56 Å². The summed E-state index contributed by atoms with van der Waals surface area (Å²) in [6.07, 6.45) is 0. The summed E-state index contributed by atoms with van der Waals surface area (Å²) < 4.78 is 5.10. The molecule has 3 nitrogen and oxygen atoms in total. The van der Waals surface area contributed by atoms with Gasteiger partial charge in [0.1, 0.15) is 0 Å². The van der Waals surface area contributed by atoms with E-state index in [2.05, 4.69) is 29.3 Å². The molecule has 0 aliphatic carbocycles. The average Bonchev–Trinajstić information content (AvgIpc) is 2.32. The van der Waals surface area contributed by atoms with Crippen LogP contribution in [0.25, 0.3) is 0 Å². The number of nitrogens with one attached hydrogen (secondary N) is 1. The SMILES string of the molecule is CCN(CCOC)c1ccc(CNC)cc1Cl. The lowest BCUT2D eigenvalue weighted by atomic mass is 10.2. The molecular weight excluding hydrogens is 236 g/mol. The van der Waals surface area contributed by atoms with Crippen LogP contribution in [-0.4, -0.2) is 33.9 Å². The molecule has 0 unspecified atom stereocenters. The van der Waals surface area contributed by atoms with E-state index in [1.807, 2.05) is 13.1 Å². The largest absolute Gasteiger partial charge is 0.383 e. The second-order valence-corrected chi connectivity index (χ2v) is 4.30. The molecule has 1 rings (SSSR count). The smallest absolute Gasteiger partial charge is 0.0642 e. The first-order valence-corrected chi connectivity index (χ1v) is 6.27. The molecule has 0 saturated carbocycles. The molecule has 0 amide bonds. The fourth-order valence-electron chi connectivity index (χ4n) is 1.77. The first-order chi connectivity index (χ1) is 8.22. The fraction of sp³-hybridized carbons (Fsp3) is 0.538. The second kappa shape index (κ2) is 7.54. The summed E-state index contributed by atoms with van der Waals surface area (Å²) in [5, 5.41) is 3.92. The van der Waals surface area contributed by atoms with Crippen LogP contribution in [0.5, 0.6) is 0 Å². The molecule has 0 aliphatic rings. The Kier molecular flexibility index (Phi) is 6.34. The number of anilines is 1. The van der Waals surface area contributed by atoms with E-state index >= 15 is 0 Å². The monoisotopic (exact) mass is 256 g/mol. The first-order valence-electron chi connectivity index (χ1n) is 5.89. The number of ether oxygens (including phenoxy) is 1. The van der Waals surface area contributed by atoms with Gasteiger partial charge >= 0.3 is 0 Å². The number of nitrogens with zero attached hydrogens (tertiary/aromatic N) is 1. The van der Waals surface area contributed by atoms with Crippen molar-refractivity contribution in [2.24, 2.45) is 0 Å². The number of hydrogen-bond acceptors (Lipinski definition) is 3. The van der Waals surface area contributed by atoms with Crippen LogP contribution in [0, 0.1) is 0 Å². The molecule has 0 saturated heterocycles. The summed E-state index contributed by atoms with van der Waals surface area (Å²) in [4.78, 5) is 2.22. The molecule has 1 aromatic rings. The molecule has 96 valence electrons. The molecule has 4 heteroatoms. The van der Waals surface area contributed by atoms with Gasteiger partial charge in [0.2, 0.25) is 0 Å². The van der Waals surface area contributed by atoms with Crippen molar-refractivity contribution in [1.82, 2.24) is 5.32 Å². The van der Waals surface area contributed by atoms with E-state index in [0.29, 0.717) is 6.61 Å². The normalized spacial score (nSPS) is 10.6. The lowest BCUT2D eigenvalue weighted by molar-refractivity contribution is 0.205. The zero-order valence-electron chi connectivity index (χ0n) is 10.8. The number of halogens is 1. The number of likely N-dealkylation sites (N-methyl/N-ethyl adjacent to an activating group) is 1. The Morgan fingerprint density at radius 3 is 2.71 bits per heavy atom. The van der Waals surface area contributed by atoms with Gasteiger partial charge in [-0.15, -0.1) is 0 Å². The van der Waals surface area contributed by atoms with Crippen LogP contribution >= 0.6 is 11.6 Å². The molecule has 17 heavy (non-hydrogen) atoms. The minimum absolute atomic E-state index is 0.711. The highest BCUT2D eigenvalue weighted by Crippen LogP contribution is 2.26. The maximum atomic E-state index is 6.31. The molecule has 0 aromatic heterocycles. The first kappa shape index (κ1) is 14.3. The van der Waals surface area contributed by atoms with Gasteiger partial charge in [-0.05, 0) is 31.7 Å². The Bertz CT molecular complexity index is 344. The van der Waals surface area contributed by atoms with E-state index in [9.17, 15) is 0 Å². The molecule has 0 fully saturated rings. The van der Waals surface area contributed by atoms with Crippen molar-refractivity contribution in [3.05, 3.63) is 28.8 Å². The third-order valence-corrected chi connectivity index (χ3v) is 2.98. The molecule has 0 bridgehead atoms. The van der Waals surface area contributed by atoms with Gasteiger partial charge in [0.25, 0.3) is 0 Å². The summed E-state index contributed by atoms with van der Waals surface area (Å²) in [6, 6.07) is 6.20. The molecular formula is C13H21ClN2O. The number of methoxy groups -OCH3 is 1. The molecule has 0 aliphatic heterocycles. The number of benzene rings is 1. The minimum Gasteiger partial charge on any atom is -0.383 e. The van der Waals surface area contributed by atoms with Gasteiger partial charge in [-0.25, -0.2) is 0 Å². The van der Waals surface area contributed by atoms with Gasteiger partial charge in [-0.3, -0.25) is 0 Å². The topological polar surface area (TPSA) is 24.5 Å². The molecule has 0 spiro atoms. The average molecular weight is 257 g/mol. The Morgan fingerprint density at radius 1 is 1.41 bits per heavy atom. The van der Waals surface area contributed by atoms with Crippen molar-refractivity contribution in [3.63, 3.8) is 0 Å². The lowest BCUT2D eigenvalue weighted by Gasteiger charge is -2.24. The van der Waals surface area contributed by atoms with Crippen LogP contribution in [0.4, 0.5) is 5.69 Å². The fourth-order valence-corrected chi connectivity index (χ4v) is 2.09. The zero-order valence-corrected chi connectivity index (χ0v) is 11.5. The summed E-state index contributed by atoms with van der Waals surface area (Å²) in [6.45, 7) is 5.45. The lowest BCUT2D eigenvalue weighted by Crippen LogP contribution is -2.27. The number of hydrogen-bond donors (Lipinski definition) is 1. The van der Waals surface area contributed by atoms with Crippen molar-refractivity contribution in [2.45, 2.75) is 13.5 Å². The van der Waals surface area contributed by atoms with Crippen LogP contribution in [0.3, 0.4) is 0 Å². The predicted molar refractivity (Wildman–Crippen MR) is 74.0 cm³/mol. The summed E-state index contributed by atoms with van der Waals surface area (Å²) in [5.74, 6) is 0. The maximum Gasteiger partial charge on any atom is 0.0642 e. The van der Waals surface area contributed by atoms with Crippen LogP contribution in [0.15, 0.2) is 18.2 Å². The van der Waals surface area contributed by atoms with Gasteiger partial charge < -0.3 is 15.0 Å². The van der Waals surface area contributed by atoms with Gasteiger partial charge in [0.15, 0.2) is 0 Å². The summed E-state index contributed by atoms with van der Waals surface area (Å²) >= 11 is 6.31. The quantitative estimate of drug-likeness (QED) is 0.812. The van der Waals surface area contributed by atoms with Gasteiger partial charge in [-0.2, -0.15) is 0 Å². The molecule has 0 atom stereocenters. The van der Waals surface area contributed by atoms with Crippen molar-refractivity contribution in [1.29, 1.82) is 0 Å². The van der Waals surface area contributed by atoms with Crippen LogP contribution < -0.4 is 10.2 Å². The zero-order chi connectivity index (χ0) is 12.7. The Balaban J connectivity index is 2.81. The highest BCUT2D eigenvalue weighted by molar-refractivity contribution is 6.33.